The van der Waals surface area contributed by atoms with Crippen LogP contribution in [-0.4, -0.2) is 30.1 Å². The first-order valence-corrected chi connectivity index (χ1v) is 14.2. The molecule has 3 aromatic rings. The molecule has 0 saturated carbocycles. The van der Waals surface area contributed by atoms with Crippen LogP contribution in [-0.2, 0) is 5.41 Å². The molecule has 0 spiro atoms. The predicted octanol–water partition coefficient (Wildman–Crippen LogP) is 6.69. The van der Waals surface area contributed by atoms with Crippen molar-refractivity contribution in [3.63, 3.8) is 0 Å². The van der Waals surface area contributed by atoms with Crippen LogP contribution in [0.15, 0.2) is 55.1 Å². The molecule has 2 aromatic carbocycles. The van der Waals surface area contributed by atoms with Crippen LogP contribution in [0.1, 0.15) is 38.1 Å². The second-order valence-corrected chi connectivity index (χ2v) is 14.4. The number of fused-ring (bicyclic) bond motifs is 5. The van der Waals surface area contributed by atoms with E-state index in [0.717, 1.165) is 39.8 Å². The van der Waals surface area contributed by atoms with Gasteiger partial charge in [-0.1, -0.05) is 63.7 Å². The van der Waals surface area contributed by atoms with Gasteiger partial charge < -0.3 is 4.74 Å². The van der Waals surface area contributed by atoms with E-state index in [1.54, 1.807) is 6.08 Å². The van der Waals surface area contributed by atoms with Gasteiger partial charge in [0.1, 0.15) is 18.2 Å². The lowest BCUT2D eigenvalue weighted by molar-refractivity contribution is 0.0822. The molecule has 162 valence electrons. The molecule has 1 atom stereocenters. The fourth-order valence-electron chi connectivity index (χ4n) is 5.24. The van der Waals surface area contributed by atoms with Gasteiger partial charge in [0.2, 0.25) is 5.91 Å². The molecule has 0 N–H and O–H groups in total. The Hall–Kier alpha value is -2.66. The summed E-state index contributed by atoms with van der Waals surface area (Å²) >= 11 is 0. The second kappa shape index (κ2) is 8.12. The number of imidazole rings is 1. The number of aromatic nitrogens is 2. The van der Waals surface area contributed by atoms with Gasteiger partial charge in [-0.25, -0.2) is 4.98 Å². The lowest BCUT2D eigenvalue weighted by Gasteiger charge is -2.41. The summed E-state index contributed by atoms with van der Waals surface area (Å²) in [5, 5.41) is 0. The molecule has 0 aliphatic carbocycles. The summed E-state index contributed by atoms with van der Waals surface area (Å²) in [5.41, 5.74) is 3.24. The lowest BCUT2D eigenvalue weighted by atomic mass is 9.78. The Morgan fingerprint density at radius 2 is 1.84 bits per heavy atom. The first kappa shape index (κ1) is 21.6. The van der Waals surface area contributed by atoms with E-state index in [1.165, 1.54) is 18.1 Å². The Labute approximate surface area is 186 Å². The first-order valence-electron chi connectivity index (χ1n) is 11.3. The standard InChI is InChI=1S/C26H32N2O2Si/c1-6-16-30-19-14-15-20-21(17-19)26(5,18-31(7-2,8-3)9-4)25(29)28-23-13-11-10-12-22(23)27-24(20)28/h6,10-15,17H,1,7-9,16,18H2,2-5H3. The Morgan fingerprint density at radius 3 is 2.52 bits per heavy atom. The van der Waals surface area contributed by atoms with Crippen LogP contribution in [0.25, 0.3) is 22.4 Å². The Morgan fingerprint density at radius 1 is 1.13 bits per heavy atom. The zero-order valence-corrected chi connectivity index (χ0v) is 20.1. The molecule has 31 heavy (non-hydrogen) atoms. The molecular weight excluding hydrogens is 400 g/mol. The van der Waals surface area contributed by atoms with Crippen LogP contribution in [0.4, 0.5) is 0 Å². The van der Waals surface area contributed by atoms with E-state index in [2.05, 4.69) is 46.4 Å². The summed E-state index contributed by atoms with van der Waals surface area (Å²) in [4.78, 5) is 19.1. The number of nitrogens with zero attached hydrogens (tertiary/aromatic N) is 2. The van der Waals surface area contributed by atoms with Crippen molar-refractivity contribution in [2.75, 3.05) is 6.61 Å². The minimum absolute atomic E-state index is 0.136. The maximum atomic E-state index is 14.2. The van der Waals surface area contributed by atoms with Crippen LogP contribution < -0.4 is 4.74 Å². The van der Waals surface area contributed by atoms with E-state index in [0.29, 0.717) is 6.61 Å². The highest BCUT2D eigenvalue weighted by Crippen LogP contribution is 2.48. The van der Waals surface area contributed by atoms with Gasteiger partial charge in [-0.2, -0.15) is 0 Å². The molecule has 2 heterocycles. The van der Waals surface area contributed by atoms with Crippen molar-refractivity contribution in [3.05, 3.63) is 60.7 Å². The van der Waals surface area contributed by atoms with Gasteiger partial charge in [-0.15, -0.1) is 0 Å². The van der Waals surface area contributed by atoms with Crippen molar-refractivity contribution < 1.29 is 9.53 Å². The Bertz CT molecular complexity index is 1140. The van der Waals surface area contributed by atoms with Crippen LogP contribution in [0, 0.1) is 0 Å². The molecule has 4 nitrogen and oxygen atoms in total. The fourth-order valence-corrected chi connectivity index (χ4v) is 9.33. The predicted molar refractivity (Wildman–Crippen MR) is 131 cm³/mol. The molecule has 1 aromatic heterocycles. The third-order valence-corrected chi connectivity index (χ3v) is 13.4. The number of carbonyl (C=O) groups is 1. The molecular formula is C26H32N2O2Si. The van der Waals surface area contributed by atoms with Crippen molar-refractivity contribution in [3.8, 4) is 17.1 Å². The SMILES string of the molecule is C=CCOc1ccc2c(c1)C(C)(C[Si](CC)(CC)CC)C(=O)n1c-2nc2ccccc21. The zero-order chi connectivity index (χ0) is 22.2. The highest BCUT2D eigenvalue weighted by molar-refractivity contribution is 6.80. The van der Waals surface area contributed by atoms with E-state index in [1.807, 2.05) is 34.9 Å². The lowest BCUT2D eigenvalue weighted by Crippen LogP contribution is -2.48. The van der Waals surface area contributed by atoms with Crippen LogP contribution >= 0.6 is 0 Å². The monoisotopic (exact) mass is 432 g/mol. The number of rotatable bonds is 8. The smallest absolute Gasteiger partial charge is 0.242 e. The van der Waals surface area contributed by atoms with Gasteiger partial charge in [-0.3, -0.25) is 9.36 Å². The van der Waals surface area contributed by atoms with Crippen molar-refractivity contribution >= 4 is 25.0 Å². The fraction of sp³-hybridized carbons (Fsp3) is 0.385. The summed E-state index contributed by atoms with van der Waals surface area (Å²) in [5.74, 6) is 1.65. The average molecular weight is 433 g/mol. The van der Waals surface area contributed by atoms with Gasteiger partial charge in [0.05, 0.1) is 24.5 Å². The van der Waals surface area contributed by atoms with Crippen molar-refractivity contribution in [2.24, 2.45) is 0 Å². The molecule has 0 amide bonds. The number of para-hydroxylation sites is 2. The van der Waals surface area contributed by atoms with E-state index in [9.17, 15) is 4.79 Å². The molecule has 1 aliphatic rings. The maximum absolute atomic E-state index is 14.2. The van der Waals surface area contributed by atoms with Crippen molar-refractivity contribution in [2.45, 2.75) is 57.3 Å². The quantitative estimate of drug-likeness (QED) is 0.294. The highest BCUT2D eigenvalue weighted by Gasteiger charge is 2.48. The van der Waals surface area contributed by atoms with Crippen molar-refractivity contribution in [1.29, 1.82) is 0 Å². The number of hydrogen-bond donors (Lipinski definition) is 0. The molecule has 0 fully saturated rings. The summed E-state index contributed by atoms with van der Waals surface area (Å²) in [6, 6.07) is 18.5. The first-order chi connectivity index (χ1) is 14.9. The van der Waals surface area contributed by atoms with E-state index in [-0.39, 0.29) is 5.91 Å². The van der Waals surface area contributed by atoms with Crippen molar-refractivity contribution in [1.82, 2.24) is 9.55 Å². The summed E-state index contributed by atoms with van der Waals surface area (Å²) in [6.07, 6.45) is 1.74. The zero-order valence-electron chi connectivity index (χ0n) is 19.1. The average Bonchev–Trinajstić information content (AvgIpc) is 3.19. The molecule has 1 unspecified atom stereocenters. The van der Waals surface area contributed by atoms with Gasteiger partial charge in [0, 0.05) is 5.56 Å². The Balaban J connectivity index is 1.97. The maximum Gasteiger partial charge on any atom is 0.242 e. The molecule has 0 saturated heterocycles. The molecule has 4 rings (SSSR count). The van der Waals surface area contributed by atoms with Crippen LogP contribution in [0.5, 0.6) is 5.75 Å². The molecule has 1 aliphatic heterocycles. The molecule has 5 heteroatoms. The summed E-state index contributed by atoms with van der Waals surface area (Å²) < 4.78 is 7.72. The van der Waals surface area contributed by atoms with Crippen LogP contribution in [0.2, 0.25) is 24.2 Å². The molecule has 0 radical (unpaired) electrons. The van der Waals surface area contributed by atoms with Gasteiger partial charge in [-0.05, 0) is 48.9 Å². The number of hydrogen-bond acceptors (Lipinski definition) is 3. The third kappa shape index (κ3) is 3.35. The van der Waals surface area contributed by atoms with Gasteiger partial charge in [0.15, 0.2) is 0 Å². The minimum atomic E-state index is -1.61. The normalized spacial score (nSPS) is 18.0. The summed E-state index contributed by atoms with van der Waals surface area (Å²) in [6.45, 7) is 13.3. The third-order valence-electron chi connectivity index (χ3n) is 7.41. The highest BCUT2D eigenvalue weighted by atomic mass is 28.3. The summed E-state index contributed by atoms with van der Waals surface area (Å²) in [7, 11) is -1.61. The van der Waals surface area contributed by atoms with E-state index in [4.69, 9.17) is 9.72 Å². The minimum Gasteiger partial charge on any atom is -0.490 e. The Kier molecular flexibility index (Phi) is 5.65. The van der Waals surface area contributed by atoms with E-state index < -0.39 is 13.5 Å². The number of ether oxygens (including phenoxy) is 1. The largest absolute Gasteiger partial charge is 0.490 e. The second-order valence-electron chi connectivity index (χ2n) is 8.94. The van der Waals surface area contributed by atoms with E-state index >= 15 is 0 Å². The molecule has 0 bridgehead atoms. The van der Waals surface area contributed by atoms with Gasteiger partial charge in [0.25, 0.3) is 0 Å². The topological polar surface area (TPSA) is 44.1 Å². The van der Waals surface area contributed by atoms with Gasteiger partial charge >= 0.3 is 0 Å². The number of carbonyl (C=O) groups excluding carboxylic acids is 1. The van der Waals surface area contributed by atoms with Crippen LogP contribution in [0.3, 0.4) is 0 Å². The number of benzene rings is 2.